The van der Waals surface area contributed by atoms with Crippen LogP contribution in [0.2, 0.25) is 0 Å². The largest absolute Gasteiger partial charge is 0.481 e. The summed E-state index contributed by atoms with van der Waals surface area (Å²) in [5.74, 6) is 0.618. The highest BCUT2D eigenvalue weighted by molar-refractivity contribution is 7.80. The average Bonchev–Trinajstić information content (AvgIpc) is 2.64. The van der Waals surface area contributed by atoms with Crippen LogP contribution in [0, 0.1) is 18.3 Å². The third-order valence-electron chi connectivity index (χ3n) is 4.63. The summed E-state index contributed by atoms with van der Waals surface area (Å²) in [6, 6.07) is 10.7. The van der Waals surface area contributed by atoms with Crippen LogP contribution in [0.3, 0.4) is 0 Å². The highest BCUT2D eigenvalue weighted by atomic mass is 32.1. The lowest BCUT2D eigenvalue weighted by molar-refractivity contribution is 0.138. The number of rotatable bonds is 3. The van der Waals surface area contributed by atoms with Gasteiger partial charge in [0.15, 0.2) is 5.11 Å². The number of fused-ring (bicyclic) bond motifs is 1. The Kier molecular flexibility index (Phi) is 5.25. The Hall–Kier alpha value is -3.11. The Morgan fingerprint density at radius 2 is 2.07 bits per heavy atom. The van der Waals surface area contributed by atoms with Crippen LogP contribution in [-0.4, -0.2) is 21.8 Å². The second-order valence-electron chi connectivity index (χ2n) is 6.95. The molecule has 6 nitrogen and oxygen atoms in total. The van der Waals surface area contributed by atoms with Gasteiger partial charge < -0.3 is 15.4 Å². The van der Waals surface area contributed by atoms with Gasteiger partial charge in [-0.25, -0.2) is 0 Å². The number of ether oxygens (including phenoxy) is 1. The molecule has 1 aromatic carbocycles. The SMILES string of the molecule is CCNC(=S)NC1=C(n2ccccc2=O)c2c(ccc(C#N)c2C)OC1(C)C. The fourth-order valence-corrected chi connectivity index (χ4v) is 3.55. The zero-order valence-corrected chi connectivity index (χ0v) is 17.1. The van der Waals surface area contributed by atoms with Crippen molar-refractivity contribution in [1.82, 2.24) is 15.2 Å². The summed E-state index contributed by atoms with van der Waals surface area (Å²) in [5, 5.41) is 16.2. The Bertz CT molecular complexity index is 1080. The molecule has 0 fully saturated rings. The zero-order valence-electron chi connectivity index (χ0n) is 16.3. The minimum atomic E-state index is -0.780. The summed E-state index contributed by atoms with van der Waals surface area (Å²) in [7, 11) is 0. The molecule has 0 saturated heterocycles. The fraction of sp³-hybridized carbons (Fsp3) is 0.286. The van der Waals surface area contributed by atoms with Gasteiger partial charge in [0.2, 0.25) is 0 Å². The molecule has 2 N–H and O–H groups in total. The highest BCUT2D eigenvalue weighted by Gasteiger charge is 2.38. The van der Waals surface area contributed by atoms with Crippen LogP contribution in [0.1, 0.15) is 37.5 Å². The van der Waals surface area contributed by atoms with Crippen LogP contribution in [0.25, 0.3) is 5.70 Å². The molecule has 0 aliphatic carbocycles. The third-order valence-corrected chi connectivity index (χ3v) is 4.87. The van der Waals surface area contributed by atoms with E-state index in [9.17, 15) is 10.1 Å². The Morgan fingerprint density at radius 3 is 2.71 bits per heavy atom. The summed E-state index contributed by atoms with van der Waals surface area (Å²) in [4.78, 5) is 12.7. The van der Waals surface area contributed by atoms with Crippen molar-refractivity contribution in [3.05, 3.63) is 69.3 Å². The van der Waals surface area contributed by atoms with E-state index < -0.39 is 5.60 Å². The summed E-state index contributed by atoms with van der Waals surface area (Å²) < 4.78 is 7.81. The number of hydrogen-bond acceptors (Lipinski definition) is 4. The molecule has 0 spiro atoms. The molecule has 7 heteroatoms. The molecule has 1 aliphatic rings. The molecule has 0 amide bonds. The smallest absolute Gasteiger partial charge is 0.255 e. The molecule has 0 bridgehead atoms. The van der Waals surface area contributed by atoms with E-state index in [1.54, 1.807) is 35.0 Å². The number of hydrogen-bond donors (Lipinski definition) is 2. The third kappa shape index (κ3) is 3.39. The maximum absolute atomic E-state index is 12.7. The number of thiocarbonyl (C=S) groups is 1. The van der Waals surface area contributed by atoms with E-state index >= 15 is 0 Å². The van der Waals surface area contributed by atoms with Crippen molar-refractivity contribution in [1.29, 1.82) is 5.26 Å². The van der Waals surface area contributed by atoms with Crippen LogP contribution in [0.5, 0.6) is 5.75 Å². The number of nitrogens with one attached hydrogen (secondary N) is 2. The lowest BCUT2D eigenvalue weighted by atomic mass is 9.90. The van der Waals surface area contributed by atoms with E-state index in [-0.39, 0.29) is 5.56 Å². The summed E-state index contributed by atoms with van der Waals surface area (Å²) >= 11 is 5.40. The topological polar surface area (TPSA) is 79.1 Å². The molecular weight excluding hydrogens is 372 g/mol. The van der Waals surface area contributed by atoms with Crippen molar-refractivity contribution in [2.24, 2.45) is 0 Å². The van der Waals surface area contributed by atoms with E-state index in [0.29, 0.717) is 39.9 Å². The van der Waals surface area contributed by atoms with Crippen LogP contribution in [0.4, 0.5) is 0 Å². The van der Waals surface area contributed by atoms with Gasteiger partial charge in [-0.2, -0.15) is 5.26 Å². The first-order chi connectivity index (χ1) is 13.3. The Balaban J connectivity index is 2.40. The number of benzene rings is 1. The Labute approximate surface area is 169 Å². The zero-order chi connectivity index (χ0) is 20.5. The molecular formula is C21H22N4O2S. The van der Waals surface area contributed by atoms with E-state index in [0.717, 1.165) is 5.56 Å². The van der Waals surface area contributed by atoms with E-state index in [2.05, 4.69) is 16.7 Å². The lowest BCUT2D eigenvalue weighted by Crippen LogP contribution is -2.47. The maximum Gasteiger partial charge on any atom is 0.255 e. The van der Waals surface area contributed by atoms with Gasteiger partial charge in [0.25, 0.3) is 5.56 Å². The van der Waals surface area contributed by atoms with Crippen LogP contribution in [0.15, 0.2) is 47.0 Å². The minimum absolute atomic E-state index is 0.184. The summed E-state index contributed by atoms with van der Waals surface area (Å²) in [5.41, 5.74) is 2.29. The van der Waals surface area contributed by atoms with Crippen molar-refractivity contribution < 1.29 is 4.74 Å². The van der Waals surface area contributed by atoms with Crippen molar-refractivity contribution >= 4 is 23.0 Å². The van der Waals surface area contributed by atoms with Crippen molar-refractivity contribution in [2.45, 2.75) is 33.3 Å². The molecule has 0 unspecified atom stereocenters. The van der Waals surface area contributed by atoms with Gasteiger partial charge in [-0.1, -0.05) is 6.07 Å². The van der Waals surface area contributed by atoms with Gasteiger partial charge in [0, 0.05) is 24.4 Å². The first-order valence-electron chi connectivity index (χ1n) is 9.01. The van der Waals surface area contributed by atoms with Gasteiger partial charge in [-0.3, -0.25) is 9.36 Å². The van der Waals surface area contributed by atoms with Crippen molar-refractivity contribution in [2.75, 3.05) is 6.54 Å². The van der Waals surface area contributed by atoms with Crippen LogP contribution in [-0.2, 0) is 0 Å². The molecule has 3 rings (SSSR count). The lowest BCUT2D eigenvalue weighted by Gasteiger charge is -2.38. The fourth-order valence-electron chi connectivity index (χ4n) is 3.30. The average molecular weight is 395 g/mol. The minimum Gasteiger partial charge on any atom is -0.481 e. The first-order valence-corrected chi connectivity index (χ1v) is 9.41. The maximum atomic E-state index is 12.7. The predicted octanol–water partition coefficient (Wildman–Crippen LogP) is 2.90. The number of pyridine rings is 1. The highest BCUT2D eigenvalue weighted by Crippen LogP contribution is 2.42. The molecule has 0 saturated carbocycles. The van der Waals surface area contributed by atoms with E-state index in [4.69, 9.17) is 17.0 Å². The van der Waals surface area contributed by atoms with Gasteiger partial charge in [-0.05, 0) is 63.7 Å². The number of aromatic nitrogens is 1. The van der Waals surface area contributed by atoms with E-state index in [1.165, 1.54) is 6.07 Å². The van der Waals surface area contributed by atoms with Crippen molar-refractivity contribution in [3.63, 3.8) is 0 Å². The van der Waals surface area contributed by atoms with E-state index in [1.807, 2.05) is 27.7 Å². The molecule has 1 aliphatic heterocycles. The number of nitrogens with zero attached hydrogens (tertiary/aromatic N) is 2. The van der Waals surface area contributed by atoms with Gasteiger partial charge in [-0.15, -0.1) is 0 Å². The summed E-state index contributed by atoms with van der Waals surface area (Å²) in [6.45, 7) is 8.29. The standard InChI is InChI=1S/C21H22N4O2S/c1-5-23-20(28)24-19-18(25-11-7-6-8-16(25)26)17-13(2)14(12-22)9-10-15(17)27-21(19,3)4/h6-11H,5H2,1-4H3,(H2,23,24,28). The van der Waals surface area contributed by atoms with Crippen molar-refractivity contribution in [3.8, 4) is 11.8 Å². The van der Waals surface area contributed by atoms with Gasteiger partial charge >= 0.3 is 0 Å². The molecule has 1 aromatic heterocycles. The predicted molar refractivity (Wildman–Crippen MR) is 113 cm³/mol. The van der Waals surface area contributed by atoms with Crippen LogP contribution >= 0.6 is 12.2 Å². The summed E-state index contributed by atoms with van der Waals surface area (Å²) in [6.07, 6.45) is 1.71. The van der Waals surface area contributed by atoms with Gasteiger partial charge in [0.05, 0.1) is 23.0 Å². The second kappa shape index (κ2) is 7.49. The second-order valence-corrected chi connectivity index (χ2v) is 7.36. The first kappa shape index (κ1) is 19.6. The monoisotopic (exact) mass is 394 g/mol. The quantitative estimate of drug-likeness (QED) is 0.780. The molecule has 28 heavy (non-hydrogen) atoms. The molecule has 0 radical (unpaired) electrons. The molecule has 144 valence electrons. The van der Waals surface area contributed by atoms with Gasteiger partial charge in [0.1, 0.15) is 11.4 Å². The Morgan fingerprint density at radius 1 is 1.32 bits per heavy atom. The molecule has 2 aromatic rings. The number of nitriles is 1. The molecule has 2 heterocycles. The normalized spacial score (nSPS) is 14.5. The molecule has 0 atom stereocenters. The van der Waals surface area contributed by atoms with Crippen LogP contribution < -0.4 is 20.9 Å².